The fourth-order valence-corrected chi connectivity index (χ4v) is 1.25. The molecule has 0 aliphatic carbocycles. The molecule has 1 N–H and O–H groups in total. The number of amides is 1. The molecule has 0 aromatic heterocycles. The third-order valence-electron chi connectivity index (χ3n) is 1.99. The van der Waals surface area contributed by atoms with Gasteiger partial charge in [0, 0.05) is 0 Å². The summed E-state index contributed by atoms with van der Waals surface area (Å²) in [7, 11) is 0. The standard InChI is InChI=1S/C12H13FN2O/c1-12(2,8-14)15-11(16)7-9-4-3-5-10(13)6-9/h3-6H,7H2,1-2H3,(H,15,16). The Bertz CT molecular complexity index is 435. The smallest absolute Gasteiger partial charge is 0.225 e. The van der Waals surface area contributed by atoms with Gasteiger partial charge in [0.15, 0.2) is 0 Å². The van der Waals surface area contributed by atoms with Crippen molar-refractivity contribution in [3.63, 3.8) is 0 Å². The molecule has 84 valence electrons. The van der Waals surface area contributed by atoms with Crippen LogP contribution in [0.25, 0.3) is 0 Å². The van der Waals surface area contributed by atoms with Crippen LogP contribution in [0, 0.1) is 17.1 Å². The van der Waals surface area contributed by atoms with Crippen molar-refractivity contribution >= 4 is 5.91 Å². The monoisotopic (exact) mass is 220 g/mol. The number of benzene rings is 1. The highest BCUT2D eigenvalue weighted by Crippen LogP contribution is 2.06. The Hall–Kier alpha value is -1.89. The van der Waals surface area contributed by atoms with E-state index in [0.29, 0.717) is 5.56 Å². The van der Waals surface area contributed by atoms with Gasteiger partial charge in [0.25, 0.3) is 0 Å². The predicted molar refractivity (Wildman–Crippen MR) is 57.9 cm³/mol. The lowest BCUT2D eigenvalue weighted by molar-refractivity contribution is -0.121. The Morgan fingerprint density at radius 2 is 2.25 bits per heavy atom. The molecule has 0 aliphatic heterocycles. The van der Waals surface area contributed by atoms with Crippen LogP contribution in [-0.4, -0.2) is 11.4 Å². The molecular weight excluding hydrogens is 207 g/mol. The summed E-state index contributed by atoms with van der Waals surface area (Å²) in [6, 6.07) is 7.81. The third-order valence-corrected chi connectivity index (χ3v) is 1.99. The normalized spacial score (nSPS) is 10.6. The number of carbonyl (C=O) groups excluding carboxylic acids is 1. The Morgan fingerprint density at radius 1 is 1.56 bits per heavy atom. The lowest BCUT2D eigenvalue weighted by Crippen LogP contribution is -2.42. The number of carbonyl (C=O) groups is 1. The quantitative estimate of drug-likeness (QED) is 0.844. The molecule has 0 fully saturated rings. The fourth-order valence-electron chi connectivity index (χ4n) is 1.25. The second-order valence-corrected chi connectivity index (χ2v) is 4.09. The van der Waals surface area contributed by atoms with E-state index >= 15 is 0 Å². The van der Waals surface area contributed by atoms with E-state index in [4.69, 9.17) is 5.26 Å². The van der Waals surface area contributed by atoms with E-state index in [9.17, 15) is 9.18 Å². The maximum absolute atomic E-state index is 12.8. The Balaban J connectivity index is 2.63. The van der Waals surface area contributed by atoms with E-state index in [1.165, 1.54) is 12.1 Å². The molecule has 0 spiro atoms. The van der Waals surface area contributed by atoms with Crippen molar-refractivity contribution in [1.82, 2.24) is 5.32 Å². The van der Waals surface area contributed by atoms with Crippen molar-refractivity contribution in [2.75, 3.05) is 0 Å². The van der Waals surface area contributed by atoms with Crippen molar-refractivity contribution in [3.05, 3.63) is 35.6 Å². The molecule has 3 nitrogen and oxygen atoms in total. The van der Waals surface area contributed by atoms with E-state index in [0.717, 1.165) is 0 Å². The minimum atomic E-state index is -0.898. The average molecular weight is 220 g/mol. The maximum Gasteiger partial charge on any atom is 0.225 e. The molecule has 0 atom stereocenters. The topological polar surface area (TPSA) is 52.9 Å². The van der Waals surface area contributed by atoms with Crippen LogP contribution in [0.15, 0.2) is 24.3 Å². The lowest BCUT2D eigenvalue weighted by atomic mass is 10.1. The Kier molecular flexibility index (Phi) is 3.62. The van der Waals surface area contributed by atoms with E-state index in [1.807, 2.05) is 6.07 Å². The van der Waals surface area contributed by atoms with Crippen LogP contribution in [0.2, 0.25) is 0 Å². The summed E-state index contributed by atoms with van der Waals surface area (Å²) in [4.78, 5) is 11.5. The molecule has 1 aromatic carbocycles. The van der Waals surface area contributed by atoms with E-state index < -0.39 is 5.54 Å². The van der Waals surface area contributed by atoms with Gasteiger partial charge in [0.2, 0.25) is 5.91 Å². The first-order chi connectivity index (χ1) is 7.43. The van der Waals surface area contributed by atoms with Crippen molar-refractivity contribution in [2.45, 2.75) is 25.8 Å². The summed E-state index contributed by atoms with van der Waals surface area (Å²) in [6.07, 6.45) is 0.0723. The largest absolute Gasteiger partial charge is 0.338 e. The number of hydrogen-bond acceptors (Lipinski definition) is 2. The van der Waals surface area contributed by atoms with Gasteiger partial charge in [-0.05, 0) is 31.5 Å². The molecule has 0 aliphatic rings. The van der Waals surface area contributed by atoms with Crippen LogP contribution >= 0.6 is 0 Å². The molecule has 0 heterocycles. The van der Waals surface area contributed by atoms with Gasteiger partial charge in [-0.15, -0.1) is 0 Å². The minimum absolute atomic E-state index is 0.0723. The number of halogens is 1. The van der Waals surface area contributed by atoms with Gasteiger partial charge in [-0.25, -0.2) is 4.39 Å². The van der Waals surface area contributed by atoms with Crippen LogP contribution in [0.3, 0.4) is 0 Å². The van der Waals surface area contributed by atoms with Crippen LogP contribution in [0.1, 0.15) is 19.4 Å². The van der Waals surface area contributed by atoms with Gasteiger partial charge in [-0.2, -0.15) is 5.26 Å². The molecule has 0 saturated carbocycles. The first kappa shape index (κ1) is 12.2. The second-order valence-electron chi connectivity index (χ2n) is 4.09. The number of rotatable bonds is 3. The summed E-state index contributed by atoms with van der Waals surface area (Å²) < 4.78 is 12.8. The first-order valence-corrected chi connectivity index (χ1v) is 4.90. The van der Waals surface area contributed by atoms with E-state index in [2.05, 4.69) is 5.32 Å². The first-order valence-electron chi connectivity index (χ1n) is 4.90. The molecule has 0 bridgehead atoms. The molecule has 16 heavy (non-hydrogen) atoms. The molecule has 1 aromatic rings. The minimum Gasteiger partial charge on any atom is -0.338 e. The van der Waals surface area contributed by atoms with Gasteiger partial charge in [-0.1, -0.05) is 12.1 Å². The lowest BCUT2D eigenvalue weighted by Gasteiger charge is -2.17. The van der Waals surface area contributed by atoms with E-state index in [-0.39, 0.29) is 18.1 Å². The van der Waals surface area contributed by atoms with Gasteiger partial charge in [0.1, 0.15) is 11.4 Å². The highest BCUT2D eigenvalue weighted by atomic mass is 19.1. The van der Waals surface area contributed by atoms with E-state index in [1.54, 1.807) is 26.0 Å². The highest BCUT2D eigenvalue weighted by molar-refractivity contribution is 5.79. The van der Waals surface area contributed by atoms with Crippen molar-refractivity contribution < 1.29 is 9.18 Å². The highest BCUT2D eigenvalue weighted by Gasteiger charge is 2.19. The molecule has 1 rings (SSSR count). The number of nitriles is 1. The van der Waals surface area contributed by atoms with Crippen LogP contribution in [0.4, 0.5) is 4.39 Å². The molecule has 0 radical (unpaired) electrons. The fraction of sp³-hybridized carbons (Fsp3) is 0.333. The van der Waals surface area contributed by atoms with Gasteiger partial charge >= 0.3 is 0 Å². The Morgan fingerprint density at radius 3 is 2.81 bits per heavy atom. The van der Waals surface area contributed by atoms with Crippen LogP contribution in [-0.2, 0) is 11.2 Å². The third kappa shape index (κ3) is 3.70. The molecule has 0 unspecified atom stereocenters. The summed E-state index contributed by atoms with van der Waals surface area (Å²) in [6.45, 7) is 3.22. The summed E-state index contributed by atoms with van der Waals surface area (Å²) in [5, 5.41) is 11.3. The maximum atomic E-state index is 12.8. The van der Waals surface area contributed by atoms with Gasteiger partial charge in [0.05, 0.1) is 12.5 Å². The molecule has 0 saturated heterocycles. The van der Waals surface area contributed by atoms with Gasteiger partial charge in [-0.3, -0.25) is 4.79 Å². The zero-order valence-electron chi connectivity index (χ0n) is 9.25. The SMILES string of the molecule is CC(C)(C#N)NC(=O)Cc1cccc(F)c1. The summed E-state index contributed by atoms with van der Waals surface area (Å²) in [5.41, 5.74) is -0.309. The average Bonchev–Trinajstić information content (AvgIpc) is 2.16. The second kappa shape index (κ2) is 4.75. The number of nitrogens with zero attached hydrogens (tertiary/aromatic N) is 1. The zero-order valence-corrected chi connectivity index (χ0v) is 9.25. The van der Waals surface area contributed by atoms with Crippen LogP contribution in [0.5, 0.6) is 0 Å². The Labute approximate surface area is 93.9 Å². The summed E-state index contributed by atoms with van der Waals surface area (Å²) in [5.74, 6) is -0.665. The molecule has 4 heteroatoms. The van der Waals surface area contributed by atoms with Crippen molar-refractivity contribution in [3.8, 4) is 6.07 Å². The van der Waals surface area contributed by atoms with Crippen molar-refractivity contribution in [1.29, 1.82) is 5.26 Å². The molecular formula is C12H13FN2O. The zero-order chi connectivity index (χ0) is 12.2. The number of hydrogen-bond donors (Lipinski definition) is 1. The number of nitrogens with one attached hydrogen (secondary N) is 1. The predicted octanol–water partition coefficient (Wildman–Crippen LogP) is 1.79. The molecule has 1 amide bonds. The summed E-state index contributed by atoms with van der Waals surface area (Å²) >= 11 is 0. The van der Waals surface area contributed by atoms with Crippen molar-refractivity contribution in [2.24, 2.45) is 0 Å². The van der Waals surface area contributed by atoms with Crippen LogP contribution < -0.4 is 5.32 Å². The van der Waals surface area contributed by atoms with Gasteiger partial charge < -0.3 is 5.32 Å².